The van der Waals surface area contributed by atoms with Gasteiger partial charge >= 0.3 is 6.09 Å². The largest absolute Gasteiger partial charge is 0.444 e. The van der Waals surface area contributed by atoms with E-state index in [1.807, 2.05) is 69.3 Å². The van der Waals surface area contributed by atoms with E-state index < -0.39 is 5.60 Å². The summed E-state index contributed by atoms with van der Waals surface area (Å²) in [6.45, 7) is 15.5. The number of hydrogen-bond acceptors (Lipinski definition) is 6. The molecule has 2 fully saturated rings. The van der Waals surface area contributed by atoms with Crippen molar-refractivity contribution in [3.8, 4) is 12.1 Å². The van der Waals surface area contributed by atoms with Gasteiger partial charge in [0.25, 0.3) is 0 Å². The van der Waals surface area contributed by atoms with Crippen molar-refractivity contribution in [1.29, 1.82) is 10.5 Å². The van der Waals surface area contributed by atoms with Gasteiger partial charge in [0.05, 0.1) is 29.3 Å². The molecule has 0 bridgehead atoms. The minimum atomic E-state index is -0.521. The van der Waals surface area contributed by atoms with Gasteiger partial charge in [-0.3, -0.25) is 9.69 Å². The quantitative estimate of drug-likeness (QED) is 0.421. The molecule has 8 heteroatoms. The maximum absolute atomic E-state index is 13.8. The number of carbonyl (C=O) groups excluding carboxylic acids is 2. The van der Waals surface area contributed by atoms with Gasteiger partial charge in [-0.05, 0) is 80.3 Å². The molecule has 0 unspecified atom stereocenters. The average molecular weight is 584 g/mol. The first-order valence-corrected chi connectivity index (χ1v) is 15.3. The molecule has 2 amide bonds. The molecule has 0 saturated carbocycles. The molecule has 0 radical (unpaired) electrons. The van der Waals surface area contributed by atoms with Gasteiger partial charge in [-0.2, -0.15) is 10.5 Å². The summed E-state index contributed by atoms with van der Waals surface area (Å²) in [7, 11) is 0. The lowest BCUT2D eigenvalue weighted by molar-refractivity contribution is -0.141. The number of amides is 2. The number of rotatable bonds is 5. The smallest absolute Gasteiger partial charge is 0.410 e. The van der Waals surface area contributed by atoms with Crippen LogP contribution in [0.3, 0.4) is 0 Å². The normalized spacial score (nSPS) is 18.7. The van der Waals surface area contributed by atoms with Gasteiger partial charge in [-0.25, -0.2) is 4.79 Å². The van der Waals surface area contributed by atoms with Gasteiger partial charge in [-0.15, -0.1) is 0 Å². The molecular formula is C35H45N5O3. The number of nitrogens with zero attached hydrogens (tertiary/aromatic N) is 5. The zero-order valence-corrected chi connectivity index (χ0v) is 26.5. The fraction of sp³-hybridized carbons (Fsp3) is 0.543. The van der Waals surface area contributed by atoms with E-state index in [2.05, 4.69) is 42.7 Å². The van der Waals surface area contributed by atoms with Gasteiger partial charge in [0.2, 0.25) is 5.91 Å². The summed E-state index contributed by atoms with van der Waals surface area (Å²) < 4.78 is 5.54. The first-order chi connectivity index (χ1) is 20.3. The number of nitriles is 2. The fourth-order valence-corrected chi connectivity index (χ4v) is 6.18. The maximum atomic E-state index is 13.8. The van der Waals surface area contributed by atoms with Crippen LogP contribution in [0.15, 0.2) is 48.5 Å². The van der Waals surface area contributed by atoms with Crippen LogP contribution in [-0.4, -0.2) is 71.1 Å². The topological polar surface area (TPSA) is 101 Å². The highest BCUT2D eigenvalue weighted by Gasteiger charge is 2.41. The second-order valence-corrected chi connectivity index (χ2v) is 13.9. The van der Waals surface area contributed by atoms with Crippen LogP contribution >= 0.6 is 0 Å². The third kappa shape index (κ3) is 8.15. The van der Waals surface area contributed by atoms with Gasteiger partial charge in [0.15, 0.2) is 0 Å². The van der Waals surface area contributed by atoms with Gasteiger partial charge < -0.3 is 14.5 Å². The van der Waals surface area contributed by atoms with Crippen molar-refractivity contribution in [3.05, 3.63) is 70.8 Å². The SMILES string of the molecule is CC(C)(C)OC(=O)N1CCC(CC(=O)N2CCN(C(c3ccc(C#N)cc3)c3ccc(C#N)cc3)C[C@@H]2C(C)(C)C)CC1. The second kappa shape index (κ2) is 13.2. The van der Waals surface area contributed by atoms with E-state index in [4.69, 9.17) is 4.74 Å². The molecule has 0 aromatic heterocycles. The third-order valence-corrected chi connectivity index (χ3v) is 8.54. The number of hydrogen-bond donors (Lipinski definition) is 0. The van der Waals surface area contributed by atoms with Crippen LogP contribution in [0.4, 0.5) is 4.79 Å². The second-order valence-electron chi connectivity index (χ2n) is 13.9. The first-order valence-electron chi connectivity index (χ1n) is 15.3. The molecule has 2 heterocycles. The molecule has 0 N–H and O–H groups in total. The minimum absolute atomic E-state index is 0.00913. The molecule has 0 spiro atoms. The Labute approximate surface area is 256 Å². The van der Waals surface area contributed by atoms with Crippen molar-refractivity contribution in [1.82, 2.24) is 14.7 Å². The number of piperazine rings is 1. The molecule has 2 aromatic carbocycles. The van der Waals surface area contributed by atoms with E-state index in [-0.39, 0.29) is 35.4 Å². The van der Waals surface area contributed by atoms with Crippen LogP contribution in [0.5, 0.6) is 0 Å². The lowest BCUT2D eigenvalue weighted by Gasteiger charge is -2.50. The minimum Gasteiger partial charge on any atom is -0.444 e. The Morgan fingerprint density at radius 2 is 1.35 bits per heavy atom. The zero-order chi connectivity index (χ0) is 31.4. The summed E-state index contributed by atoms with van der Waals surface area (Å²) in [5.74, 6) is 0.429. The highest BCUT2D eigenvalue weighted by atomic mass is 16.6. The zero-order valence-electron chi connectivity index (χ0n) is 26.5. The molecule has 8 nitrogen and oxygen atoms in total. The van der Waals surface area contributed by atoms with E-state index in [1.54, 1.807) is 4.90 Å². The van der Waals surface area contributed by atoms with Crippen molar-refractivity contribution in [2.24, 2.45) is 11.3 Å². The first kappa shape index (κ1) is 32.0. The van der Waals surface area contributed by atoms with Crippen LogP contribution in [0.1, 0.15) is 89.1 Å². The molecule has 4 rings (SSSR count). The number of carbonyl (C=O) groups is 2. The van der Waals surface area contributed by atoms with Crippen LogP contribution in [-0.2, 0) is 9.53 Å². The number of piperidine rings is 1. The standard InChI is InChI=1S/C35H45N5O3/c1-34(2,3)30-24-39(32(28-11-7-26(22-36)8-12-28)29-13-9-27(23-37)10-14-29)19-20-40(30)31(41)21-25-15-17-38(18-16-25)33(42)43-35(4,5)6/h7-14,25,30,32H,15-21,24H2,1-6H3/t30-/m1/s1. The predicted molar refractivity (Wildman–Crippen MR) is 166 cm³/mol. The summed E-state index contributed by atoms with van der Waals surface area (Å²) in [5, 5.41) is 18.7. The Hall–Kier alpha value is -3.88. The van der Waals surface area contributed by atoms with Crippen molar-refractivity contribution in [3.63, 3.8) is 0 Å². The Morgan fingerprint density at radius 3 is 1.79 bits per heavy atom. The summed E-state index contributed by atoms with van der Waals surface area (Å²) in [6, 6.07) is 19.8. The van der Waals surface area contributed by atoms with Crippen molar-refractivity contribution in [2.75, 3.05) is 32.7 Å². The fourth-order valence-electron chi connectivity index (χ4n) is 6.18. The highest BCUT2D eigenvalue weighted by Crippen LogP contribution is 2.36. The number of likely N-dealkylation sites (tertiary alicyclic amines) is 1. The average Bonchev–Trinajstić information content (AvgIpc) is 2.97. The van der Waals surface area contributed by atoms with Gasteiger partial charge in [0.1, 0.15) is 5.60 Å². The summed E-state index contributed by atoms with van der Waals surface area (Å²) in [4.78, 5) is 32.6. The lowest BCUT2D eigenvalue weighted by Crippen LogP contribution is -2.60. The van der Waals surface area contributed by atoms with Crippen molar-refractivity contribution < 1.29 is 14.3 Å². The van der Waals surface area contributed by atoms with Crippen LogP contribution in [0.25, 0.3) is 0 Å². The molecule has 2 aliphatic heterocycles. The van der Waals surface area contributed by atoms with E-state index in [0.29, 0.717) is 50.3 Å². The Kier molecular flexibility index (Phi) is 9.82. The molecule has 2 saturated heterocycles. The van der Waals surface area contributed by atoms with E-state index in [0.717, 1.165) is 24.0 Å². The van der Waals surface area contributed by atoms with E-state index in [9.17, 15) is 20.1 Å². The van der Waals surface area contributed by atoms with Crippen LogP contribution in [0, 0.1) is 34.0 Å². The van der Waals surface area contributed by atoms with Crippen molar-refractivity contribution >= 4 is 12.0 Å². The molecule has 2 aromatic rings. The highest BCUT2D eigenvalue weighted by molar-refractivity contribution is 5.77. The molecular weight excluding hydrogens is 538 g/mol. The van der Waals surface area contributed by atoms with E-state index >= 15 is 0 Å². The molecule has 43 heavy (non-hydrogen) atoms. The number of ether oxygens (including phenoxy) is 1. The van der Waals surface area contributed by atoms with Crippen LogP contribution in [0.2, 0.25) is 0 Å². The lowest BCUT2D eigenvalue weighted by atomic mass is 9.82. The summed E-state index contributed by atoms with van der Waals surface area (Å²) in [6.07, 6.45) is 1.80. The predicted octanol–water partition coefficient (Wildman–Crippen LogP) is 6.12. The Bertz CT molecular complexity index is 1290. The van der Waals surface area contributed by atoms with Gasteiger partial charge in [-0.1, -0.05) is 45.0 Å². The summed E-state index contributed by atoms with van der Waals surface area (Å²) >= 11 is 0. The van der Waals surface area contributed by atoms with E-state index in [1.165, 1.54) is 0 Å². The molecule has 0 aliphatic carbocycles. The molecule has 228 valence electrons. The van der Waals surface area contributed by atoms with Gasteiger partial charge in [0, 0.05) is 45.2 Å². The van der Waals surface area contributed by atoms with Crippen molar-refractivity contribution in [2.45, 2.75) is 78.5 Å². The third-order valence-electron chi connectivity index (χ3n) is 8.54. The summed E-state index contributed by atoms with van der Waals surface area (Å²) in [5.41, 5.74) is 2.71. The number of benzene rings is 2. The Morgan fingerprint density at radius 1 is 0.837 bits per heavy atom. The molecule has 1 atom stereocenters. The molecule has 2 aliphatic rings. The Balaban J connectivity index is 1.49. The monoisotopic (exact) mass is 583 g/mol. The maximum Gasteiger partial charge on any atom is 0.410 e. The van der Waals surface area contributed by atoms with Crippen LogP contribution < -0.4 is 0 Å².